The second kappa shape index (κ2) is 10.4. The summed E-state index contributed by atoms with van der Waals surface area (Å²) in [6.45, 7) is 0.691. The van der Waals surface area contributed by atoms with Gasteiger partial charge in [0.15, 0.2) is 5.96 Å². The van der Waals surface area contributed by atoms with Crippen LogP contribution >= 0.6 is 0 Å². The molecule has 0 amide bonds. The van der Waals surface area contributed by atoms with Crippen LogP contribution < -0.4 is 16.2 Å². The van der Waals surface area contributed by atoms with E-state index in [1.807, 2.05) is 30.3 Å². The third-order valence-corrected chi connectivity index (χ3v) is 2.82. The second-order valence-corrected chi connectivity index (χ2v) is 4.71. The molecule has 2 rings (SSSR count). The van der Waals surface area contributed by atoms with Gasteiger partial charge in [-0.2, -0.15) is 0 Å². The van der Waals surface area contributed by atoms with Crippen molar-refractivity contribution in [2.45, 2.75) is 12.8 Å². The van der Waals surface area contributed by atoms with Gasteiger partial charge in [0.2, 0.25) is 0 Å². The van der Waals surface area contributed by atoms with E-state index in [-0.39, 0.29) is 5.96 Å². The molecule has 24 heavy (non-hydrogen) atoms. The summed E-state index contributed by atoms with van der Waals surface area (Å²) in [6, 6.07) is 17.8. The minimum atomic E-state index is -1.50. The van der Waals surface area contributed by atoms with Crippen molar-refractivity contribution >= 4 is 11.6 Å². The van der Waals surface area contributed by atoms with Gasteiger partial charge >= 0.3 is 0 Å². The molecule has 0 saturated carbocycles. The van der Waals surface area contributed by atoms with Gasteiger partial charge in [-0.05, 0) is 42.7 Å². The molecule has 2 aromatic carbocycles. The third kappa shape index (κ3) is 8.88. The molecule has 0 bridgehead atoms. The van der Waals surface area contributed by atoms with Crippen LogP contribution in [0.1, 0.15) is 12.0 Å². The van der Waals surface area contributed by atoms with Crippen LogP contribution in [0.2, 0.25) is 0 Å². The van der Waals surface area contributed by atoms with Gasteiger partial charge in [-0.1, -0.05) is 30.3 Å². The first-order valence-electron chi connectivity index (χ1n) is 7.17. The molecule has 0 heterocycles. The highest BCUT2D eigenvalue weighted by Gasteiger charge is 1.96. The molecule has 0 radical (unpaired) electrons. The van der Waals surface area contributed by atoms with Crippen molar-refractivity contribution in [1.82, 2.24) is 0 Å². The van der Waals surface area contributed by atoms with E-state index < -0.39 is 5.09 Å². The van der Waals surface area contributed by atoms with Gasteiger partial charge in [0.05, 0.1) is 12.3 Å². The van der Waals surface area contributed by atoms with Crippen LogP contribution in [-0.2, 0) is 6.42 Å². The van der Waals surface area contributed by atoms with Crippen molar-refractivity contribution in [3.63, 3.8) is 0 Å². The molecule has 0 unspecified atom stereocenters. The first-order chi connectivity index (χ1) is 11.5. The van der Waals surface area contributed by atoms with E-state index in [0.29, 0.717) is 6.61 Å². The number of aryl methyl sites for hydroxylation is 1. The van der Waals surface area contributed by atoms with Gasteiger partial charge in [-0.3, -0.25) is 0 Å². The van der Waals surface area contributed by atoms with E-state index >= 15 is 0 Å². The van der Waals surface area contributed by atoms with Gasteiger partial charge in [0.25, 0.3) is 5.09 Å². The lowest BCUT2D eigenvalue weighted by atomic mass is 10.1. The first kappa shape index (κ1) is 18.8. The number of aliphatic imine (C=N–C) groups is 1. The molecule has 2 aromatic rings. The van der Waals surface area contributed by atoms with Gasteiger partial charge in [-0.15, -0.1) is 10.1 Å². The van der Waals surface area contributed by atoms with Crippen molar-refractivity contribution in [2.75, 3.05) is 6.61 Å². The fourth-order valence-corrected chi connectivity index (χ4v) is 1.88. The Balaban J connectivity index is 0.000000648. The number of ether oxygens (including phenoxy) is 1. The molecule has 0 atom stereocenters. The fourth-order valence-electron chi connectivity index (χ4n) is 1.88. The van der Waals surface area contributed by atoms with Crippen LogP contribution in [0, 0.1) is 10.1 Å². The second-order valence-electron chi connectivity index (χ2n) is 4.71. The summed E-state index contributed by atoms with van der Waals surface area (Å²) in [6.07, 6.45) is 2.01. The Hall–Kier alpha value is -3.29. The average Bonchev–Trinajstić information content (AvgIpc) is 2.53. The molecule has 0 aromatic heterocycles. The molecule has 0 saturated heterocycles. The monoisotopic (exact) mass is 332 g/mol. The average molecular weight is 332 g/mol. The van der Waals surface area contributed by atoms with Crippen molar-refractivity contribution < 1.29 is 15.0 Å². The molecule has 8 heteroatoms. The quantitative estimate of drug-likeness (QED) is 0.244. The number of hydrogen-bond donors (Lipinski definition) is 3. The van der Waals surface area contributed by atoms with E-state index in [1.165, 1.54) is 5.56 Å². The number of nitrogens with zero attached hydrogens (tertiary/aromatic N) is 2. The summed E-state index contributed by atoms with van der Waals surface area (Å²) < 4.78 is 5.68. The highest BCUT2D eigenvalue weighted by Crippen LogP contribution is 2.18. The minimum Gasteiger partial charge on any atom is -0.494 e. The maximum absolute atomic E-state index is 8.36. The fraction of sp³-hybridized carbons (Fsp3) is 0.188. The molecule has 0 aliphatic rings. The molecular formula is C16H20N4O4. The van der Waals surface area contributed by atoms with E-state index in [4.69, 9.17) is 31.5 Å². The van der Waals surface area contributed by atoms with Crippen LogP contribution in [0.25, 0.3) is 0 Å². The van der Waals surface area contributed by atoms with Crippen molar-refractivity contribution in [3.8, 4) is 5.75 Å². The van der Waals surface area contributed by atoms with E-state index in [2.05, 4.69) is 29.3 Å². The summed E-state index contributed by atoms with van der Waals surface area (Å²) in [5, 5.41) is 13.6. The lowest BCUT2D eigenvalue weighted by molar-refractivity contribution is -0.742. The minimum absolute atomic E-state index is 0.0570. The number of guanidine groups is 1. The lowest BCUT2D eigenvalue weighted by Crippen LogP contribution is -2.21. The maximum Gasteiger partial charge on any atom is 0.291 e. The summed E-state index contributed by atoms with van der Waals surface area (Å²) in [7, 11) is 0. The first-order valence-corrected chi connectivity index (χ1v) is 7.17. The Labute approximate surface area is 139 Å². The zero-order chi connectivity index (χ0) is 17.8. The zero-order valence-corrected chi connectivity index (χ0v) is 13.0. The van der Waals surface area contributed by atoms with Gasteiger partial charge in [0, 0.05) is 0 Å². The molecule has 0 aliphatic carbocycles. The Morgan fingerprint density at radius 1 is 1.12 bits per heavy atom. The summed E-state index contributed by atoms with van der Waals surface area (Å²) in [4.78, 5) is 12.3. The zero-order valence-electron chi connectivity index (χ0n) is 13.0. The van der Waals surface area contributed by atoms with Crippen LogP contribution in [0.4, 0.5) is 5.69 Å². The standard InChI is InChI=1S/C16H19N3O.HNO3/c17-16(18)19-14-8-10-15(11-9-14)20-12-4-7-13-5-2-1-3-6-13;2-1(3)4/h1-3,5-6,8-11H,4,7,12H2,(H4,17,18,19);(H,2,3,4). The smallest absolute Gasteiger partial charge is 0.291 e. The summed E-state index contributed by atoms with van der Waals surface area (Å²) in [5.74, 6) is 0.883. The lowest BCUT2D eigenvalue weighted by Gasteiger charge is -2.06. The molecule has 128 valence electrons. The summed E-state index contributed by atoms with van der Waals surface area (Å²) in [5.41, 5.74) is 12.7. The Morgan fingerprint density at radius 2 is 1.71 bits per heavy atom. The number of nitrogens with two attached hydrogens (primary N) is 2. The van der Waals surface area contributed by atoms with E-state index in [0.717, 1.165) is 24.3 Å². The van der Waals surface area contributed by atoms with E-state index in [1.54, 1.807) is 0 Å². The van der Waals surface area contributed by atoms with E-state index in [9.17, 15) is 0 Å². The van der Waals surface area contributed by atoms with Crippen LogP contribution in [0.5, 0.6) is 5.75 Å². The molecule has 0 spiro atoms. The number of rotatable bonds is 6. The number of hydrogen-bond acceptors (Lipinski definition) is 4. The summed E-state index contributed by atoms with van der Waals surface area (Å²) >= 11 is 0. The van der Waals surface area contributed by atoms with Crippen molar-refractivity contribution in [3.05, 3.63) is 70.3 Å². The Kier molecular flexibility index (Phi) is 8.16. The molecular weight excluding hydrogens is 312 g/mol. The predicted octanol–water partition coefficient (Wildman–Crippen LogP) is 2.26. The molecule has 0 aliphatic heterocycles. The molecule has 8 nitrogen and oxygen atoms in total. The highest BCUT2D eigenvalue weighted by molar-refractivity contribution is 5.78. The topological polar surface area (TPSA) is 137 Å². The molecule has 0 fully saturated rings. The largest absolute Gasteiger partial charge is 0.494 e. The van der Waals surface area contributed by atoms with Crippen LogP contribution in [0.3, 0.4) is 0 Å². The SMILES string of the molecule is NC(N)=Nc1ccc(OCCCc2ccccc2)cc1.O=[N+]([O-])O. The van der Waals surface area contributed by atoms with Crippen molar-refractivity contribution in [1.29, 1.82) is 0 Å². The maximum atomic E-state index is 8.36. The Morgan fingerprint density at radius 3 is 2.25 bits per heavy atom. The van der Waals surface area contributed by atoms with Gasteiger partial charge in [0.1, 0.15) is 5.75 Å². The molecule has 5 N–H and O–H groups in total. The van der Waals surface area contributed by atoms with Gasteiger partial charge in [-0.25, -0.2) is 4.99 Å². The van der Waals surface area contributed by atoms with Crippen LogP contribution in [-0.4, -0.2) is 22.9 Å². The van der Waals surface area contributed by atoms with Gasteiger partial charge < -0.3 is 21.4 Å². The Bertz CT molecular complexity index is 637. The third-order valence-electron chi connectivity index (χ3n) is 2.82. The number of benzene rings is 2. The van der Waals surface area contributed by atoms with Crippen LogP contribution in [0.15, 0.2) is 59.6 Å². The normalized spacial score (nSPS) is 9.33. The predicted molar refractivity (Wildman–Crippen MR) is 91.0 cm³/mol. The van der Waals surface area contributed by atoms with Crippen molar-refractivity contribution in [2.24, 2.45) is 16.5 Å². The highest BCUT2D eigenvalue weighted by atomic mass is 16.9.